The molecule has 0 saturated heterocycles. The van der Waals surface area contributed by atoms with E-state index in [-0.39, 0.29) is 35.0 Å². The quantitative estimate of drug-likeness (QED) is 0.425. The number of nitrogens with one attached hydrogen (secondary N) is 1. The summed E-state index contributed by atoms with van der Waals surface area (Å²) in [6, 6.07) is 20.2. The SMILES string of the molecule is N#Cc1cc(C#N)cc(Oc2cc(CC(=O)Nc3ccc(SCC(=O)O)cc3)ccc2Cl)c1. The average Bonchev–Trinajstić information content (AvgIpc) is 2.80. The van der Waals surface area contributed by atoms with Crippen LogP contribution in [0.1, 0.15) is 16.7 Å². The number of carboxylic acid groups (broad SMARTS) is 1. The third kappa shape index (κ3) is 7.01. The van der Waals surface area contributed by atoms with Crippen LogP contribution in [0.4, 0.5) is 5.69 Å². The van der Waals surface area contributed by atoms with E-state index in [1.807, 2.05) is 12.1 Å². The highest BCUT2D eigenvalue weighted by Gasteiger charge is 2.11. The van der Waals surface area contributed by atoms with Crippen molar-refractivity contribution >= 4 is 40.9 Å². The Morgan fingerprint density at radius 2 is 1.67 bits per heavy atom. The molecule has 1 amide bonds. The standard InChI is InChI=1S/C24H16ClN3O4S/c25-21-6-1-15(10-22(21)32-19-8-16(12-26)7-17(9-19)13-27)11-23(29)28-18-2-4-20(5-3-18)33-14-24(30)31/h1-10H,11,14H2,(H,28,29)(H,30,31). The van der Waals surface area contributed by atoms with Crippen molar-refractivity contribution in [2.45, 2.75) is 11.3 Å². The first-order valence-electron chi connectivity index (χ1n) is 9.52. The van der Waals surface area contributed by atoms with Crippen LogP contribution in [0.3, 0.4) is 0 Å². The smallest absolute Gasteiger partial charge is 0.313 e. The number of carbonyl (C=O) groups is 2. The van der Waals surface area contributed by atoms with Crippen LogP contribution in [0.25, 0.3) is 0 Å². The summed E-state index contributed by atoms with van der Waals surface area (Å²) in [5, 5.41) is 30.1. The van der Waals surface area contributed by atoms with Gasteiger partial charge in [0.05, 0.1) is 40.5 Å². The van der Waals surface area contributed by atoms with Crippen molar-refractivity contribution in [3.05, 3.63) is 82.4 Å². The molecule has 0 bridgehead atoms. The van der Waals surface area contributed by atoms with Gasteiger partial charge >= 0.3 is 5.97 Å². The van der Waals surface area contributed by atoms with Crippen molar-refractivity contribution in [1.82, 2.24) is 0 Å². The molecule has 0 saturated carbocycles. The fourth-order valence-corrected chi connectivity index (χ4v) is 3.59. The third-order valence-corrected chi connectivity index (χ3v) is 5.56. The van der Waals surface area contributed by atoms with E-state index in [1.165, 1.54) is 30.0 Å². The fourth-order valence-electron chi connectivity index (χ4n) is 2.82. The second kappa shape index (κ2) is 11.1. The van der Waals surface area contributed by atoms with Gasteiger partial charge in [0.1, 0.15) is 11.5 Å². The first-order chi connectivity index (χ1) is 15.9. The molecule has 2 N–H and O–H groups in total. The van der Waals surface area contributed by atoms with Gasteiger partial charge in [-0.2, -0.15) is 10.5 Å². The van der Waals surface area contributed by atoms with Crippen LogP contribution in [0.2, 0.25) is 5.02 Å². The molecule has 3 rings (SSSR count). The van der Waals surface area contributed by atoms with Crippen LogP contribution in [-0.4, -0.2) is 22.7 Å². The monoisotopic (exact) mass is 477 g/mol. The van der Waals surface area contributed by atoms with Crippen molar-refractivity contribution in [2.75, 3.05) is 11.1 Å². The zero-order valence-corrected chi connectivity index (χ0v) is 18.6. The van der Waals surface area contributed by atoms with Crippen molar-refractivity contribution < 1.29 is 19.4 Å². The molecule has 0 fully saturated rings. The van der Waals surface area contributed by atoms with Gasteiger partial charge in [0, 0.05) is 10.6 Å². The number of carbonyl (C=O) groups excluding carboxylic acids is 1. The topological polar surface area (TPSA) is 123 Å². The Morgan fingerprint density at radius 3 is 2.27 bits per heavy atom. The molecule has 0 radical (unpaired) electrons. The maximum absolute atomic E-state index is 12.5. The number of rotatable bonds is 8. The minimum Gasteiger partial charge on any atom is -0.481 e. The van der Waals surface area contributed by atoms with E-state index in [0.29, 0.717) is 22.0 Å². The molecule has 0 aliphatic carbocycles. The number of nitriles is 2. The molecule has 3 aromatic carbocycles. The Bertz CT molecular complexity index is 1250. The summed E-state index contributed by atoms with van der Waals surface area (Å²) in [5.74, 6) is -0.610. The van der Waals surface area contributed by atoms with Crippen LogP contribution < -0.4 is 10.1 Å². The van der Waals surface area contributed by atoms with Crippen molar-refractivity contribution in [2.24, 2.45) is 0 Å². The molecule has 0 aliphatic rings. The number of thioether (sulfide) groups is 1. The van der Waals surface area contributed by atoms with Crippen LogP contribution in [0, 0.1) is 22.7 Å². The van der Waals surface area contributed by atoms with Crippen molar-refractivity contribution in [1.29, 1.82) is 10.5 Å². The zero-order valence-electron chi connectivity index (χ0n) is 17.0. The molecule has 0 spiro atoms. The van der Waals surface area contributed by atoms with Gasteiger partial charge in [0.25, 0.3) is 0 Å². The summed E-state index contributed by atoms with van der Waals surface area (Å²) in [6.45, 7) is 0. The molecular weight excluding hydrogens is 462 g/mol. The van der Waals surface area contributed by atoms with Crippen LogP contribution >= 0.6 is 23.4 Å². The minimum atomic E-state index is -0.896. The summed E-state index contributed by atoms with van der Waals surface area (Å²) in [5.41, 5.74) is 1.80. The molecule has 9 heteroatoms. The number of hydrogen-bond acceptors (Lipinski definition) is 6. The normalized spacial score (nSPS) is 10.0. The number of aliphatic carboxylic acids is 1. The number of ether oxygens (including phenoxy) is 1. The van der Waals surface area contributed by atoms with Gasteiger partial charge in [-0.3, -0.25) is 9.59 Å². The minimum absolute atomic E-state index is 0.0364. The fraction of sp³-hybridized carbons (Fsp3) is 0.0833. The van der Waals surface area contributed by atoms with E-state index in [9.17, 15) is 9.59 Å². The Kier molecular flexibility index (Phi) is 7.93. The Morgan fingerprint density at radius 1 is 1.00 bits per heavy atom. The number of halogens is 1. The third-order valence-electron chi connectivity index (χ3n) is 4.25. The van der Waals surface area contributed by atoms with E-state index >= 15 is 0 Å². The molecule has 7 nitrogen and oxygen atoms in total. The number of nitrogens with zero attached hydrogens (tertiary/aromatic N) is 2. The van der Waals surface area contributed by atoms with Gasteiger partial charge in [0.15, 0.2) is 0 Å². The summed E-state index contributed by atoms with van der Waals surface area (Å²) in [7, 11) is 0. The predicted molar refractivity (Wildman–Crippen MR) is 125 cm³/mol. The molecule has 164 valence electrons. The lowest BCUT2D eigenvalue weighted by atomic mass is 10.1. The van der Waals surface area contributed by atoms with Gasteiger partial charge in [-0.15, -0.1) is 11.8 Å². The Hall–Kier alpha value is -3.98. The maximum Gasteiger partial charge on any atom is 0.313 e. The number of benzene rings is 3. The second-order valence-corrected chi connectivity index (χ2v) is 8.22. The van der Waals surface area contributed by atoms with Crippen molar-refractivity contribution in [3.63, 3.8) is 0 Å². The van der Waals surface area contributed by atoms with Crippen LogP contribution in [-0.2, 0) is 16.0 Å². The number of hydrogen-bond donors (Lipinski definition) is 2. The van der Waals surface area contributed by atoms with E-state index in [0.717, 1.165) is 4.90 Å². The van der Waals surface area contributed by atoms with E-state index in [4.69, 9.17) is 32.0 Å². The molecule has 0 atom stereocenters. The Balaban J connectivity index is 1.67. The van der Waals surface area contributed by atoms with E-state index in [1.54, 1.807) is 42.5 Å². The lowest BCUT2D eigenvalue weighted by Crippen LogP contribution is -2.14. The maximum atomic E-state index is 12.5. The summed E-state index contributed by atoms with van der Waals surface area (Å²) < 4.78 is 5.78. The second-order valence-electron chi connectivity index (χ2n) is 6.77. The molecular formula is C24H16ClN3O4S. The highest BCUT2D eigenvalue weighted by Crippen LogP contribution is 2.31. The number of carboxylic acids is 1. The van der Waals surface area contributed by atoms with E-state index in [2.05, 4.69) is 5.32 Å². The molecule has 0 aromatic heterocycles. The molecule has 0 heterocycles. The summed E-state index contributed by atoms with van der Waals surface area (Å²) in [4.78, 5) is 23.9. The lowest BCUT2D eigenvalue weighted by Gasteiger charge is -2.11. The van der Waals surface area contributed by atoms with Gasteiger partial charge in [0.2, 0.25) is 5.91 Å². The van der Waals surface area contributed by atoms with Crippen LogP contribution in [0.5, 0.6) is 11.5 Å². The zero-order chi connectivity index (χ0) is 23.8. The lowest BCUT2D eigenvalue weighted by molar-refractivity contribution is -0.133. The van der Waals surface area contributed by atoms with Gasteiger partial charge < -0.3 is 15.2 Å². The highest BCUT2D eigenvalue weighted by atomic mass is 35.5. The summed E-state index contributed by atoms with van der Waals surface area (Å²) in [6.07, 6.45) is 0.0602. The molecule has 0 aliphatic heterocycles. The average molecular weight is 478 g/mol. The summed E-state index contributed by atoms with van der Waals surface area (Å²) >= 11 is 7.42. The van der Waals surface area contributed by atoms with Crippen molar-refractivity contribution in [3.8, 4) is 23.6 Å². The first kappa shape index (κ1) is 23.7. The largest absolute Gasteiger partial charge is 0.481 e. The number of amides is 1. The number of anilines is 1. The van der Waals surface area contributed by atoms with Gasteiger partial charge in [-0.1, -0.05) is 17.7 Å². The van der Waals surface area contributed by atoms with Crippen LogP contribution in [0.15, 0.2) is 65.6 Å². The highest BCUT2D eigenvalue weighted by molar-refractivity contribution is 8.00. The molecule has 3 aromatic rings. The van der Waals surface area contributed by atoms with E-state index < -0.39 is 5.97 Å². The van der Waals surface area contributed by atoms with Gasteiger partial charge in [-0.05, 0) is 60.2 Å². The molecule has 33 heavy (non-hydrogen) atoms. The molecule has 0 unspecified atom stereocenters. The van der Waals surface area contributed by atoms with Gasteiger partial charge in [-0.25, -0.2) is 0 Å². The first-order valence-corrected chi connectivity index (χ1v) is 10.9. The Labute approximate surface area is 199 Å². The predicted octanol–water partition coefficient (Wildman–Crippen LogP) is 5.23.